The molecule has 7 nitrogen and oxygen atoms in total. The van der Waals surface area contributed by atoms with Gasteiger partial charge in [-0.25, -0.2) is 9.67 Å². The Morgan fingerprint density at radius 2 is 1.93 bits per heavy atom. The van der Waals surface area contributed by atoms with Gasteiger partial charge in [-0.15, -0.1) is 5.10 Å². The molecule has 4 rings (SSSR count). The topological polar surface area (TPSA) is 77.6 Å². The van der Waals surface area contributed by atoms with Crippen LogP contribution in [0.4, 0.5) is 19.1 Å². The van der Waals surface area contributed by atoms with Crippen LogP contribution in [0.25, 0.3) is 0 Å². The molecule has 1 fully saturated rings. The van der Waals surface area contributed by atoms with Crippen molar-refractivity contribution in [2.75, 3.05) is 5.32 Å². The Bertz CT molecular complexity index is 1030. The maximum Gasteiger partial charge on any atom is 0.436 e. The van der Waals surface area contributed by atoms with E-state index in [0.29, 0.717) is 6.54 Å². The summed E-state index contributed by atoms with van der Waals surface area (Å²) >= 11 is 5.91. The van der Waals surface area contributed by atoms with E-state index in [1.807, 2.05) is 30.3 Å². The third-order valence-corrected chi connectivity index (χ3v) is 4.81. The number of carbonyl (C=O) groups is 1. The number of hydrogen-bond donors (Lipinski definition) is 1. The summed E-state index contributed by atoms with van der Waals surface area (Å²) in [5.41, 5.74) is 0.0889. The number of halogens is 4. The SMILES string of the molecule is O=C(Cn1nc(C(F)(F)F)c(Cl)c1C1CC1)Nc1ncn(Cc2ccccc2)n1. The first-order chi connectivity index (χ1) is 13.8. The molecule has 1 N–H and O–H groups in total. The molecule has 0 saturated heterocycles. The third-order valence-electron chi connectivity index (χ3n) is 4.43. The lowest BCUT2D eigenvalue weighted by Crippen LogP contribution is -2.22. The van der Waals surface area contributed by atoms with Crippen LogP contribution in [0.1, 0.15) is 35.7 Å². The van der Waals surface area contributed by atoms with Gasteiger partial charge in [-0.2, -0.15) is 18.3 Å². The summed E-state index contributed by atoms with van der Waals surface area (Å²) in [6, 6.07) is 9.56. The minimum Gasteiger partial charge on any atom is -0.292 e. The molecule has 0 atom stereocenters. The fourth-order valence-electron chi connectivity index (χ4n) is 3.00. The normalized spacial score (nSPS) is 14.2. The molecule has 1 saturated carbocycles. The maximum absolute atomic E-state index is 13.1. The van der Waals surface area contributed by atoms with Crippen LogP contribution >= 0.6 is 11.6 Å². The fourth-order valence-corrected chi connectivity index (χ4v) is 3.40. The average molecular weight is 425 g/mol. The second-order valence-electron chi connectivity index (χ2n) is 6.78. The van der Waals surface area contributed by atoms with E-state index in [2.05, 4.69) is 20.5 Å². The molecule has 0 bridgehead atoms. The van der Waals surface area contributed by atoms with Gasteiger partial charge in [0.15, 0.2) is 5.69 Å². The van der Waals surface area contributed by atoms with E-state index in [-0.39, 0.29) is 17.6 Å². The third kappa shape index (κ3) is 4.42. The van der Waals surface area contributed by atoms with E-state index in [1.165, 1.54) is 6.33 Å². The summed E-state index contributed by atoms with van der Waals surface area (Å²) in [7, 11) is 0. The van der Waals surface area contributed by atoms with Gasteiger partial charge in [0.05, 0.1) is 17.3 Å². The van der Waals surface area contributed by atoms with Gasteiger partial charge in [0, 0.05) is 5.92 Å². The Morgan fingerprint density at radius 1 is 1.21 bits per heavy atom. The van der Waals surface area contributed by atoms with E-state index in [0.717, 1.165) is 23.1 Å². The van der Waals surface area contributed by atoms with Crippen molar-refractivity contribution >= 4 is 23.5 Å². The van der Waals surface area contributed by atoms with Crippen molar-refractivity contribution in [3.05, 3.63) is 58.6 Å². The smallest absolute Gasteiger partial charge is 0.292 e. The van der Waals surface area contributed by atoms with Gasteiger partial charge >= 0.3 is 6.18 Å². The van der Waals surface area contributed by atoms with Gasteiger partial charge in [0.2, 0.25) is 11.9 Å². The zero-order valence-electron chi connectivity index (χ0n) is 15.0. The van der Waals surface area contributed by atoms with Crippen molar-refractivity contribution in [1.29, 1.82) is 0 Å². The summed E-state index contributed by atoms with van der Waals surface area (Å²) in [5, 5.41) is 9.75. The van der Waals surface area contributed by atoms with E-state index in [1.54, 1.807) is 4.68 Å². The molecule has 1 aliphatic carbocycles. The van der Waals surface area contributed by atoms with Crippen LogP contribution in [-0.4, -0.2) is 30.5 Å². The van der Waals surface area contributed by atoms with Crippen molar-refractivity contribution in [3.63, 3.8) is 0 Å². The highest BCUT2D eigenvalue weighted by atomic mass is 35.5. The van der Waals surface area contributed by atoms with Crippen molar-refractivity contribution in [2.24, 2.45) is 0 Å². The van der Waals surface area contributed by atoms with Crippen LogP contribution in [-0.2, 0) is 24.1 Å². The first-order valence-electron chi connectivity index (χ1n) is 8.88. The van der Waals surface area contributed by atoms with Crippen LogP contribution in [0.3, 0.4) is 0 Å². The Labute approximate surface area is 168 Å². The molecule has 0 radical (unpaired) electrons. The summed E-state index contributed by atoms with van der Waals surface area (Å²) < 4.78 is 41.9. The molecule has 2 heterocycles. The number of carbonyl (C=O) groups excluding carboxylic acids is 1. The van der Waals surface area contributed by atoms with Crippen LogP contribution in [0.15, 0.2) is 36.7 Å². The van der Waals surface area contributed by atoms with Crippen molar-refractivity contribution in [3.8, 4) is 0 Å². The maximum atomic E-state index is 13.1. The Morgan fingerprint density at radius 3 is 2.59 bits per heavy atom. The largest absolute Gasteiger partial charge is 0.436 e. The molecule has 1 aromatic carbocycles. The van der Waals surface area contributed by atoms with Crippen molar-refractivity contribution in [1.82, 2.24) is 24.5 Å². The van der Waals surface area contributed by atoms with Crippen LogP contribution in [0, 0.1) is 0 Å². The highest BCUT2D eigenvalue weighted by Crippen LogP contribution is 2.46. The molecule has 3 aromatic rings. The minimum atomic E-state index is -4.68. The number of nitrogens with one attached hydrogen (secondary N) is 1. The molecule has 0 unspecified atom stereocenters. The van der Waals surface area contributed by atoms with Gasteiger partial charge in [0.25, 0.3) is 0 Å². The first kappa shape index (κ1) is 19.4. The van der Waals surface area contributed by atoms with E-state index in [9.17, 15) is 18.0 Å². The molecule has 0 aliphatic heterocycles. The number of rotatable bonds is 6. The number of aromatic nitrogens is 5. The van der Waals surface area contributed by atoms with Gasteiger partial charge < -0.3 is 0 Å². The van der Waals surface area contributed by atoms with Crippen LogP contribution in [0.5, 0.6) is 0 Å². The highest BCUT2D eigenvalue weighted by Gasteiger charge is 2.42. The summed E-state index contributed by atoms with van der Waals surface area (Å²) in [4.78, 5) is 16.3. The van der Waals surface area contributed by atoms with Crippen molar-refractivity contribution in [2.45, 2.75) is 38.0 Å². The van der Waals surface area contributed by atoms with E-state index < -0.39 is 29.3 Å². The Kier molecular flexibility index (Phi) is 5.03. The van der Waals surface area contributed by atoms with Crippen LogP contribution in [0.2, 0.25) is 5.02 Å². The van der Waals surface area contributed by atoms with Crippen LogP contribution < -0.4 is 5.32 Å². The number of nitrogens with zero attached hydrogens (tertiary/aromatic N) is 5. The average Bonchev–Trinajstić information content (AvgIpc) is 3.30. The molecular weight excluding hydrogens is 409 g/mol. The number of amides is 1. The fraction of sp³-hybridized carbons (Fsp3) is 0.333. The Balaban J connectivity index is 1.45. The van der Waals surface area contributed by atoms with Gasteiger partial charge in [-0.1, -0.05) is 41.9 Å². The first-order valence-corrected chi connectivity index (χ1v) is 9.25. The standard InChI is InChI=1S/C18H16ClF3N6O/c19-14-15(12-6-7-12)28(25-16(14)18(20,21)22)9-13(29)24-17-23-10-27(26-17)8-11-4-2-1-3-5-11/h1-5,10,12H,6-9H2,(H,24,26,29). The predicted octanol–water partition coefficient (Wildman–Crippen LogP) is 3.71. The monoisotopic (exact) mass is 424 g/mol. The van der Waals surface area contributed by atoms with Gasteiger partial charge in [-0.05, 0) is 18.4 Å². The number of anilines is 1. The molecule has 29 heavy (non-hydrogen) atoms. The number of benzene rings is 1. The van der Waals surface area contributed by atoms with Gasteiger partial charge in [0.1, 0.15) is 12.9 Å². The summed E-state index contributed by atoms with van der Waals surface area (Å²) in [5.74, 6) is -0.632. The molecule has 2 aromatic heterocycles. The highest BCUT2D eigenvalue weighted by molar-refractivity contribution is 6.32. The molecule has 0 spiro atoms. The quantitative estimate of drug-likeness (QED) is 0.654. The summed E-state index contributed by atoms with van der Waals surface area (Å²) in [6.45, 7) is 0.0636. The van der Waals surface area contributed by atoms with E-state index >= 15 is 0 Å². The second kappa shape index (κ2) is 7.51. The minimum absolute atomic E-state index is 0.0631. The predicted molar refractivity (Wildman–Crippen MR) is 98.4 cm³/mol. The molecule has 1 aliphatic rings. The Hall–Kier alpha value is -2.88. The molecule has 1 amide bonds. The summed E-state index contributed by atoms with van der Waals surface area (Å²) in [6.07, 6.45) is -1.78. The molecule has 152 valence electrons. The number of hydrogen-bond acceptors (Lipinski definition) is 4. The molecular formula is C18H16ClF3N6O. The zero-order valence-corrected chi connectivity index (χ0v) is 15.8. The lowest BCUT2D eigenvalue weighted by atomic mass is 10.2. The van der Waals surface area contributed by atoms with Crippen molar-refractivity contribution < 1.29 is 18.0 Å². The second-order valence-corrected chi connectivity index (χ2v) is 7.16. The zero-order chi connectivity index (χ0) is 20.6. The number of alkyl halides is 3. The lowest BCUT2D eigenvalue weighted by Gasteiger charge is -2.06. The van der Waals surface area contributed by atoms with Gasteiger partial charge in [-0.3, -0.25) is 14.8 Å². The van der Waals surface area contributed by atoms with E-state index in [4.69, 9.17) is 11.6 Å². The molecule has 11 heteroatoms. The lowest BCUT2D eigenvalue weighted by molar-refractivity contribution is -0.141.